The van der Waals surface area contributed by atoms with Gasteiger partial charge in [0.25, 0.3) is 0 Å². The Kier molecular flexibility index (Phi) is 7.15. The Morgan fingerprint density at radius 3 is 1.85 bits per heavy atom. The average molecular weight is 196 g/mol. The number of hydrogen-bond donors (Lipinski definition) is 0. The molecule has 0 saturated heterocycles. The van der Waals surface area contributed by atoms with E-state index in [1.807, 2.05) is 0 Å². The van der Waals surface area contributed by atoms with Crippen LogP contribution in [0.4, 0.5) is 0 Å². The third kappa shape index (κ3) is 5.20. The van der Waals surface area contributed by atoms with E-state index in [2.05, 4.69) is 11.3 Å². The van der Waals surface area contributed by atoms with Gasteiger partial charge in [0.2, 0.25) is 0 Å². The van der Waals surface area contributed by atoms with Gasteiger partial charge in [-0.3, -0.25) is 0 Å². The maximum atomic E-state index is 10.3. The topological polar surface area (TPSA) is 107 Å². The summed E-state index contributed by atoms with van der Waals surface area (Å²) in [5.74, 6) is -5.27. The van der Waals surface area contributed by atoms with E-state index in [0.29, 0.717) is 6.08 Å². The normalized spacial score (nSPS) is 8.38. The van der Waals surface area contributed by atoms with Gasteiger partial charge in [-0.05, 0) is 0 Å². The van der Waals surface area contributed by atoms with Gasteiger partial charge in [0.15, 0.2) is 6.10 Å². The van der Waals surface area contributed by atoms with Crippen molar-refractivity contribution in [3.8, 4) is 0 Å². The van der Waals surface area contributed by atoms with E-state index in [1.165, 1.54) is 0 Å². The molecule has 0 aromatic rings. The van der Waals surface area contributed by atoms with Crippen LogP contribution in [-0.4, -0.2) is 47.1 Å². The van der Waals surface area contributed by atoms with Crippen LogP contribution in [0, 0.1) is 0 Å². The smallest absolute Gasteiger partial charge is 0.546 e. The fourth-order valence-electron chi connectivity index (χ4n) is 0.357. The van der Waals surface area contributed by atoms with Crippen molar-refractivity contribution in [2.45, 2.75) is 6.10 Å². The molecule has 0 aromatic heterocycles. The molecule has 0 aliphatic heterocycles. The summed E-state index contributed by atoms with van der Waals surface area (Å²) in [5.41, 5.74) is 0. The molecule has 0 unspecified atom stereocenters. The summed E-state index contributed by atoms with van der Waals surface area (Å²) in [6.07, 6.45) is -1.77. The quantitative estimate of drug-likeness (QED) is 0.198. The largest absolute Gasteiger partial charge is 2.00 e. The molecule has 0 spiro atoms. The molecule has 0 aliphatic carbocycles. The van der Waals surface area contributed by atoms with Gasteiger partial charge in [0.05, 0.1) is 11.9 Å². The van der Waals surface area contributed by atoms with Crippen molar-refractivity contribution < 1.29 is 29.3 Å². The third-order valence-electron chi connectivity index (χ3n) is 0.829. The number of esters is 1. The van der Waals surface area contributed by atoms with Crippen LogP contribution in [0.2, 0.25) is 0 Å². The van der Waals surface area contributed by atoms with E-state index in [-0.39, 0.29) is 23.1 Å². The van der Waals surface area contributed by atoms with Gasteiger partial charge in [-0.2, -0.15) is 0 Å². The van der Waals surface area contributed by atoms with E-state index in [1.54, 1.807) is 0 Å². The number of carbonyl (C=O) groups excluding carboxylic acids is 3. The minimum atomic E-state index is -2.39. The number of hydrogen-bond acceptors (Lipinski definition) is 6. The average Bonchev–Trinajstić information content (AvgIpc) is 1.98. The van der Waals surface area contributed by atoms with Gasteiger partial charge in [0, 0.05) is 6.08 Å². The van der Waals surface area contributed by atoms with Crippen LogP contribution >= 0.6 is 0 Å². The molecule has 6 nitrogen and oxygen atoms in total. The number of carbonyl (C=O) groups is 3. The Labute approximate surface area is 89.3 Å². The Hall–Kier alpha value is -1.08. The summed E-state index contributed by atoms with van der Waals surface area (Å²) in [5, 5.41) is 19.9. The Bertz CT molecular complexity index is 221. The molecule has 7 heteroatoms. The van der Waals surface area contributed by atoms with Crippen LogP contribution in [0.25, 0.3) is 0 Å². The van der Waals surface area contributed by atoms with Gasteiger partial charge >= 0.3 is 29.0 Å². The molecule has 0 atom stereocenters. The van der Waals surface area contributed by atoms with Crippen molar-refractivity contribution in [2.75, 3.05) is 0 Å². The van der Waals surface area contributed by atoms with Crippen molar-refractivity contribution in [1.82, 2.24) is 0 Å². The molecule has 13 heavy (non-hydrogen) atoms. The fraction of sp³-hybridized carbons (Fsp3) is 0.167. The first kappa shape index (κ1) is 14.4. The summed E-state index contributed by atoms with van der Waals surface area (Å²) in [4.78, 5) is 30.2. The maximum absolute atomic E-state index is 10.3. The summed E-state index contributed by atoms with van der Waals surface area (Å²) < 4.78 is 3.84. The van der Waals surface area contributed by atoms with E-state index in [9.17, 15) is 24.6 Å². The van der Waals surface area contributed by atoms with Gasteiger partial charge in [-0.15, -0.1) is 0 Å². The standard InChI is InChI=1S/C6H6O6.Mg/c1-2-3(7)12-4(5(8)9)6(10)11;/h2,4H,1H2,(H,8,9)(H,10,11);/q;+2/p-2. The zero-order valence-corrected chi connectivity index (χ0v) is 7.93. The van der Waals surface area contributed by atoms with E-state index in [0.717, 1.165) is 0 Å². The van der Waals surface area contributed by atoms with Crippen LogP contribution < -0.4 is 10.2 Å². The Morgan fingerprint density at radius 2 is 1.62 bits per heavy atom. The van der Waals surface area contributed by atoms with Crippen molar-refractivity contribution in [2.24, 2.45) is 0 Å². The number of rotatable bonds is 4. The minimum absolute atomic E-state index is 0. The van der Waals surface area contributed by atoms with E-state index in [4.69, 9.17) is 0 Å². The zero-order chi connectivity index (χ0) is 9.72. The zero-order valence-electron chi connectivity index (χ0n) is 6.52. The molecule has 0 aromatic carbocycles. The molecule has 0 N–H and O–H groups in total. The molecule has 0 saturated carbocycles. The molecule has 0 rings (SSSR count). The van der Waals surface area contributed by atoms with Crippen LogP contribution in [0.15, 0.2) is 12.7 Å². The number of carboxylic acids is 2. The van der Waals surface area contributed by atoms with Crippen LogP contribution in [0.1, 0.15) is 0 Å². The number of ether oxygens (including phenoxy) is 1. The molecular weight excluding hydrogens is 192 g/mol. The first-order valence-corrected chi connectivity index (χ1v) is 2.73. The molecule has 0 fully saturated rings. The second kappa shape index (κ2) is 6.43. The summed E-state index contributed by atoms with van der Waals surface area (Å²) in [6.45, 7) is 2.93. The van der Waals surface area contributed by atoms with Gasteiger partial charge in [-0.25, -0.2) is 4.79 Å². The third-order valence-corrected chi connectivity index (χ3v) is 0.829. The second-order valence-corrected chi connectivity index (χ2v) is 1.66. The molecule has 0 radical (unpaired) electrons. The molecule has 0 amide bonds. The Balaban J connectivity index is 0. The van der Waals surface area contributed by atoms with Crippen molar-refractivity contribution in [1.29, 1.82) is 0 Å². The molecular formula is C6H4MgO6. The maximum Gasteiger partial charge on any atom is 2.00 e. The first-order valence-electron chi connectivity index (χ1n) is 2.73. The summed E-state index contributed by atoms with van der Waals surface area (Å²) in [6, 6.07) is 0. The van der Waals surface area contributed by atoms with Crippen molar-refractivity contribution in [3.05, 3.63) is 12.7 Å². The van der Waals surface area contributed by atoms with Crippen molar-refractivity contribution >= 4 is 41.0 Å². The molecule has 0 aliphatic rings. The molecule has 0 heterocycles. The van der Waals surface area contributed by atoms with Gasteiger partial charge < -0.3 is 24.5 Å². The predicted molar refractivity (Wildman–Crippen MR) is 35.8 cm³/mol. The van der Waals surface area contributed by atoms with Gasteiger partial charge in [0.1, 0.15) is 0 Å². The number of aliphatic carboxylic acids is 2. The van der Waals surface area contributed by atoms with Crippen LogP contribution in [0.5, 0.6) is 0 Å². The fourth-order valence-corrected chi connectivity index (χ4v) is 0.357. The Morgan fingerprint density at radius 1 is 1.23 bits per heavy atom. The van der Waals surface area contributed by atoms with Crippen LogP contribution in [-0.2, 0) is 19.1 Å². The SMILES string of the molecule is C=CC(=O)OC(C(=O)[O-])C(=O)[O-].[Mg+2]. The number of carboxylic acid groups (broad SMARTS) is 2. The second-order valence-electron chi connectivity index (χ2n) is 1.66. The van der Waals surface area contributed by atoms with Gasteiger partial charge in [-0.1, -0.05) is 6.58 Å². The first-order chi connectivity index (χ1) is 5.49. The minimum Gasteiger partial charge on any atom is -0.546 e. The molecule has 0 bridgehead atoms. The predicted octanol–water partition coefficient (Wildman–Crippen LogP) is -3.80. The van der Waals surface area contributed by atoms with E-state index < -0.39 is 24.0 Å². The van der Waals surface area contributed by atoms with Crippen LogP contribution in [0.3, 0.4) is 0 Å². The summed E-state index contributed by atoms with van der Waals surface area (Å²) >= 11 is 0. The van der Waals surface area contributed by atoms with Crippen molar-refractivity contribution in [3.63, 3.8) is 0 Å². The monoisotopic (exact) mass is 196 g/mol. The van der Waals surface area contributed by atoms with E-state index >= 15 is 0 Å². The molecule has 66 valence electrons. The summed E-state index contributed by atoms with van der Waals surface area (Å²) in [7, 11) is 0.